The highest BCUT2D eigenvalue weighted by molar-refractivity contribution is 8.39. The summed E-state index contributed by atoms with van der Waals surface area (Å²) >= 11 is 3.69. The molecule has 0 spiro atoms. The molecule has 2 unspecified atom stereocenters. The van der Waals surface area contributed by atoms with E-state index in [1.807, 2.05) is 0 Å². The number of imidazole rings is 1. The fraction of sp³-hybridized carbons (Fsp3) is 0.600. The fourth-order valence-electron chi connectivity index (χ4n) is 2.44. The highest BCUT2D eigenvalue weighted by atomic mass is 32.7. The average Bonchev–Trinajstić information content (AvgIpc) is 3.02. The second-order valence-electron chi connectivity index (χ2n) is 4.77. The largest absolute Gasteiger partial charge is 0.582 e. The maximum Gasteiger partial charge on any atom is 0.582 e. The standard InChI is InChI=1S/C10H14N5O4PS/c11-10-13-8-7(9(16)14-10)12-4-15(8)6-2-1-5(19-6)3-18-20(17)21/h4-6,10H,1-3,11H2,(H2-,13,14,16,17,21)/p+1/t5-,6+,10?/m0/s1. The predicted octanol–water partition coefficient (Wildman–Crippen LogP) is 0.562. The van der Waals surface area contributed by atoms with E-state index < -0.39 is 13.5 Å². The van der Waals surface area contributed by atoms with Gasteiger partial charge in [0.15, 0.2) is 12.0 Å². The van der Waals surface area contributed by atoms with E-state index in [1.165, 1.54) is 0 Å². The lowest BCUT2D eigenvalue weighted by Crippen LogP contribution is -2.51. The Morgan fingerprint density at radius 1 is 1.57 bits per heavy atom. The Bertz CT molecular complexity index is 582. The number of fused-ring (bicyclic) bond motifs is 1. The second kappa shape index (κ2) is 5.90. The van der Waals surface area contributed by atoms with E-state index in [0.717, 1.165) is 12.8 Å². The van der Waals surface area contributed by atoms with Crippen LogP contribution in [0.15, 0.2) is 6.33 Å². The number of nitrogens with two attached hydrogens (primary N) is 1. The van der Waals surface area contributed by atoms with Crippen LogP contribution in [-0.4, -0.2) is 34.5 Å². The number of rotatable bonds is 4. The summed E-state index contributed by atoms with van der Waals surface area (Å²) in [6, 6.07) is 0. The molecule has 1 saturated heterocycles. The van der Waals surface area contributed by atoms with Crippen molar-refractivity contribution in [2.45, 2.75) is 31.5 Å². The van der Waals surface area contributed by atoms with E-state index >= 15 is 0 Å². The molecular formula is C10H15N5O4PS+. The zero-order chi connectivity index (χ0) is 15.0. The molecule has 0 radical (unpaired) electrons. The molecule has 0 aromatic carbocycles. The molecule has 0 bridgehead atoms. The maximum atomic E-state index is 11.8. The Balaban J connectivity index is 1.71. The molecule has 1 aromatic heterocycles. The number of thiol groups is 1. The topological polar surface area (TPSA) is 121 Å². The Hall–Kier alpha value is -1.19. The Labute approximate surface area is 126 Å². The zero-order valence-corrected chi connectivity index (χ0v) is 12.7. The number of hydrogen-bond donors (Lipinski definition) is 4. The molecule has 9 nitrogen and oxygen atoms in total. The third kappa shape index (κ3) is 3.04. The SMILES string of the molecule is NC1NC(=O)c2ncn([C@H]3CC[C@@H](CO[P+](=O)S)O3)c2N1. The van der Waals surface area contributed by atoms with Gasteiger partial charge in [0.25, 0.3) is 5.91 Å². The summed E-state index contributed by atoms with van der Waals surface area (Å²) in [7, 11) is -1.93. The summed E-state index contributed by atoms with van der Waals surface area (Å²) in [6.45, 7) is 0.222. The normalized spacial score (nSPS) is 28.8. The molecule has 2 aliphatic rings. The molecule has 3 heterocycles. The first-order valence-electron chi connectivity index (χ1n) is 6.39. The summed E-state index contributed by atoms with van der Waals surface area (Å²) in [5.41, 5.74) is 5.98. The van der Waals surface area contributed by atoms with Crippen LogP contribution in [0.2, 0.25) is 0 Å². The Morgan fingerprint density at radius 3 is 3.14 bits per heavy atom. The number of nitrogens with zero attached hydrogens (tertiary/aromatic N) is 2. The molecule has 1 aromatic rings. The first-order valence-corrected chi connectivity index (χ1v) is 8.72. The first kappa shape index (κ1) is 14.7. The second-order valence-corrected chi connectivity index (χ2v) is 6.48. The number of anilines is 1. The van der Waals surface area contributed by atoms with E-state index in [1.54, 1.807) is 10.9 Å². The molecule has 0 saturated carbocycles. The number of ether oxygens (including phenoxy) is 1. The number of carbonyl (C=O) groups is 1. The Kier molecular flexibility index (Phi) is 4.14. The summed E-state index contributed by atoms with van der Waals surface area (Å²) < 4.78 is 23.3. The minimum absolute atomic E-state index is 0.162. The molecule has 114 valence electrons. The van der Waals surface area contributed by atoms with Gasteiger partial charge in [-0.15, -0.1) is 4.52 Å². The molecule has 3 rings (SSSR count). The molecule has 4 atom stereocenters. The van der Waals surface area contributed by atoms with Crippen molar-refractivity contribution in [3.8, 4) is 0 Å². The highest BCUT2D eigenvalue weighted by Gasteiger charge is 2.33. The van der Waals surface area contributed by atoms with Crippen LogP contribution in [0, 0.1) is 0 Å². The number of aromatic nitrogens is 2. The van der Waals surface area contributed by atoms with Crippen molar-refractivity contribution in [1.29, 1.82) is 0 Å². The number of nitrogens with one attached hydrogen (secondary N) is 2. The van der Waals surface area contributed by atoms with Gasteiger partial charge in [0, 0.05) is 0 Å². The highest BCUT2D eigenvalue weighted by Crippen LogP contribution is 2.35. The van der Waals surface area contributed by atoms with Gasteiger partial charge >= 0.3 is 7.23 Å². The van der Waals surface area contributed by atoms with Crippen molar-refractivity contribution < 1.29 is 18.6 Å². The van der Waals surface area contributed by atoms with Crippen LogP contribution in [0.4, 0.5) is 5.82 Å². The first-order chi connectivity index (χ1) is 10.0. The van der Waals surface area contributed by atoms with E-state index in [0.29, 0.717) is 11.5 Å². The van der Waals surface area contributed by atoms with Gasteiger partial charge in [-0.25, -0.2) is 4.98 Å². The third-order valence-electron chi connectivity index (χ3n) is 3.35. The maximum absolute atomic E-state index is 11.8. The van der Waals surface area contributed by atoms with Crippen LogP contribution >= 0.6 is 19.5 Å². The molecule has 11 heteroatoms. The van der Waals surface area contributed by atoms with E-state index in [9.17, 15) is 9.36 Å². The minimum Gasteiger partial charge on any atom is -0.352 e. The van der Waals surface area contributed by atoms with Gasteiger partial charge in [0.2, 0.25) is 0 Å². The van der Waals surface area contributed by atoms with Gasteiger partial charge in [-0.1, -0.05) is 0 Å². The minimum atomic E-state index is -1.93. The fourth-order valence-corrected chi connectivity index (χ4v) is 2.94. The number of amides is 1. The molecule has 1 amide bonds. The van der Waals surface area contributed by atoms with Gasteiger partial charge in [-0.2, -0.15) is 0 Å². The quantitative estimate of drug-likeness (QED) is 0.470. The van der Waals surface area contributed by atoms with Crippen molar-refractivity contribution in [3.05, 3.63) is 12.0 Å². The summed E-state index contributed by atoms with van der Waals surface area (Å²) in [6.07, 6.45) is 1.95. The van der Waals surface area contributed by atoms with Crippen molar-refractivity contribution in [2.75, 3.05) is 11.9 Å². The Morgan fingerprint density at radius 2 is 2.38 bits per heavy atom. The van der Waals surface area contributed by atoms with Gasteiger partial charge in [-0.05, 0) is 17.4 Å². The monoisotopic (exact) mass is 332 g/mol. The summed E-state index contributed by atoms with van der Waals surface area (Å²) in [4.78, 5) is 15.8. The molecule has 21 heavy (non-hydrogen) atoms. The summed E-state index contributed by atoms with van der Waals surface area (Å²) in [5, 5.41) is 5.49. The van der Waals surface area contributed by atoms with E-state index in [-0.39, 0.29) is 24.8 Å². The van der Waals surface area contributed by atoms with Crippen molar-refractivity contribution in [1.82, 2.24) is 14.9 Å². The third-order valence-corrected chi connectivity index (χ3v) is 4.07. The van der Waals surface area contributed by atoms with E-state index in [4.69, 9.17) is 15.0 Å². The van der Waals surface area contributed by atoms with Gasteiger partial charge in [0.05, 0.1) is 12.4 Å². The molecule has 0 aliphatic carbocycles. The number of hydrogen-bond acceptors (Lipinski definition) is 7. The van der Waals surface area contributed by atoms with E-state index in [2.05, 4.69) is 27.9 Å². The zero-order valence-electron chi connectivity index (χ0n) is 10.9. The van der Waals surface area contributed by atoms with Crippen LogP contribution in [0.25, 0.3) is 0 Å². The van der Waals surface area contributed by atoms with Gasteiger partial charge in [0.1, 0.15) is 30.9 Å². The lowest BCUT2D eigenvalue weighted by molar-refractivity contribution is -0.0151. The van der Waals surface area contributed by atoms with Crippen LogP contribution in [0.1, 0.15) is 29.6 Å². The molecule has 4 N–H and O–H groups in total. The predicted molar refractivity (Wildman–Crippen MR) is 77.0 cm³/mol. The van der Waals surface area contributed by atoms with Crippen molar-refractivity contribution in [2.24, 2.45) is 5.73 Å². The molecular weight excluding hydrogens is 317 g/mol. The van der Waals surface area contributed by atoms with Crippen molar-refractivity contribution in [3.63, 3.8) is 0 Å². The summed E-state index contributed by atoms with van der Waals surface area (Å²) in [5.74, 6) is 0.220. The smallest absolute Gasteiger partial charge is 0.352 e. The van der Waals surface area contributed by atoms with Crippen LogP contribution in [0.3, 0.4) is 0 Å². The van der Waals surface area contributed by atoms with Crippen LogP contribution in [-0.2, 0) is 13.8 Å². The average molecular weight is 332 g/mol. The lowest BCUT2D eigenvalue weighted by Gasteiger charge is -2.25. The van der Waals surface area contributed by atoms with Crippen LogP contribution < -0.4 is 16.4 Å². The molecule has 1 fully saturated rings. The van der Waals surface area contributed by atoms with Gasteiger partial charge in [-0.3, -0.25) is 15.1 Å². The van der Waals surface area contributed by atoms with Gasteiger partial charge < -0.3 is 15.4 Å². The van der Waals surface area contributed by atoms with Crippen LogP contribution in [0.5, 0.6) is 0 Å². The lowest BCUT2D eigenvalue weighted by atomic mass is 10.2. The van der Waals surface area contributed by atoms with Crippen molar-refractivity contribution >= 4 is 31.2 Å². The number of carbonyl (C=O) groups excluding carboxylic acids is 1. The molecule has 2 aliphatic heterocycles.